The average molecular weight is 507 g/mol. The number of hydrogen-bond acceptors (Lipinski definition) is 6. The largest absolute Gasteiger partial charge is 0.490 e. The Kier molecular flexibility index (Phi) is 7.70. The number of carboxylic acids is 1. The van der Waals surface area contributed by atoms with Crippen molar-refractivity contribution in [1.82, 2.24) is 4.90 Å². The summed E-state index contributed by atoms with van der Waals surface area (Å²) in [5, 5.41) is 9.53. The van der Waals surface area contributed by atoms with Crippen LogP contribution in [-0.2, 0) is 11.4 Å². The zero-order valence-electron chi connectivity index (χ0n) is 19.6. The molecule has 0 aromatic heterocycles. The predicted octanol–water partition coefficient (Wildman–Crippen LogP) is 5.74. The number of rotatable bonds is 8. The zero-order chi connectivity index (χ0) is 25.7. The normalized spacial score (nSPS) is 15.5. The van der Waals surface area contributed by atoms with Crippen molar-refractivity contribution in [2.24, 2.45) is 4.99 Å². The third-order valence-electron chi connectivity index (χ3n) is 5.22. The summed E-state index contributed by atoms with van der Waals surface area (Å²) in [6, 6.07) is 17.6. The van der Waals surface area contributed by atoms with Crippen LogP contribution in [-0.4, -0.2) is 40.7 Å². The highest BCUT2D eigenvalue weighted by Gasteiger charge is 2.30. The van der Waals surface area contributed by atoms with Crippen LogP contribution in [0.25, 0.3) is 6.08 Å². The van der Waals surface area contributed by atoms with Gasteiger partial charge in [-0.15, -0.1) is 0 Å². The predicted molar refractivity (Wildman–Crippen MR) is 137 cm³/mol. The SMILES string of the molecule is CCOc1cc(C=C2SC(=Nc3ccc(C(=O)O)cc3)N(C)C2=O)ccc1OCc1ccc(F)cc1. The van der Waals surface area contributed by atoms with E-state index in [9.17, 15) is 14.0 Å². The standard InChI is InChI=1S/C27H23FN2O5S/c1-3-34-23-14-18(6-13-22(23)35-16-17-4-9-20(28)10-5-17)15-24-25(31)30(2)27(36-24)29-21-11-7-19(8-12-21)26(32)33/h4-15H,3,16H2,1-2H3,(H,32,33). The third kappa shape index (κ3) is 5.92. The highest BCUT2D eigenvalue weighted by molar-refractivity contribution is 8.18. The number of ether oxygens (including phenoxy) is 2. The van der Waals surface area contributed by atoms with Crippen LogP contribution in [0.4, 0.5) is 10.1 Å². The van der Waals surface area contributed by atoms with Crippen LogP contribution < -0.4 is 9.47 Å². The van der Waals surface area contributed by atoms with Gasteiger partial charge in [0, 0.05) is 7.05 Å². The Labute approximate surface area is 211 Å². The number of benzene rings is 3. The summed E-state index contributed by atoms with van der Waals surface area (Å²) in [7, 11) is 1.64. The molecule has 0 spiro atoms. The van der Waals surface area contributed by atoms with Gasteiger partial charge >= 0.3 is 5.97 Å². The van der Waals surface area contributed by atoms with Crippen molar-refractivity contribution >= 4 is 40.6 Å². The van der Waals surface area contributed by atoms with Crippen LogP contribution in [0.3, 0.4) is 0 Å². The second kappa shape index (κ2) is 11.1. The van der Waals surface area contributed by atoms with Crippen LogP contribution in [0.2, 0.25) is 0 Å². The fraction of sp³-hybridized carbons (Fsp3) is 0.148. The second-order valence-electron chi connectivity index (χ2n) is 7.78. The van der Waals surface area contributed by atoms with Crippen LogP contribution >= 0.6 is 11.8 Å². The van der Waals surface area contributed by atoms with Gasteiger partial charge in [0.25, 0.3) is 5.91 Å². The van der Waals surface area contributed by atoms with Crippen molar-refractivity contribution in [2.45, 2.75) is 13.5 Å². The third-order valence-corrected chi connectivity index (χ3v) is 6.28. The quantitative estimate of drug-likeness (QED) is 0.392. The molecule has 0 saturated carbocycles. The first kappa shape index (κ1) is 25.0. The van der Waals surface area contributed by atoms with Crippen molar-refractivity contribution in [2.75, 3.05) is 13.7 Å². The lowest BCUT2D eigenvalue weighted by Crippen LogP contribution is -2.23. The van der Waals surface area contributed by atoms with Crippen LogP contribution in [0.15, 0.2) is 76.6 Å². The van der Waals surface area contributed by atoms with Crippen LogP contribution in [0.1, 0.15) is 28.4 Å². The molecule has 0 bridgehead atoms. The number of amides is 1. The van der Waals surface area contributed by atoms with Crippen molar-refractivity contribution in [3.63, 3.8) is 0 Å². The molecule has 7 nitrogen and oxygen atoms in total. The van der Waals surface area contributed by atoms with E-state index in [0.717, 1.165) is 11.1 Å². The highest BCUT2D eigenvalue weighted by atomic mass is 32.2. The van der Waals surface area contributed by atoms with E-state index in [0.29, 0.717) is 33.9 Å². The number of likely N-dealkylation sites (N-methyl/N-ethyl adjacent to an activating group) is 1. The molecule has 3 aromatic rings. The molecule has 184 valence electrons. The molecule has 4 rings (SSSR count). The number of hydrogen-bond donors (Lipinski definition) is 1. The van der Waals surface area contributed by atoms with E-state index in [1.54, 1.807) is 49.5 Å². The molecular formula is C27H23FN2O5S. The molecule has 1 saturated heterocycles. The van der Waals surface area contributed by atoms with Crippen LogP contribution in [0.5, 0.6) is 11.5 Å². The number of amidine groups is 1. The molecular weight excluding hydrogens is 483 g/mol. The Hall–Kier alpha value is -4.11. The van der Waals surface area contributed by atoms with E-state index in [2.05, 4.69) is 4.99 Å². The molecule has 36 heavy (non-hydrogen) atoms. The Bertz CT molecular complexity index is 1340. The molecule has 0 atom stereocenters. The number of nitrogens with zero attached hydrogens (tertiary/aromatic N) is 2. The molecule has 0 aliphatic carbocycles. The fourth-order valence-corrected chi connectivity index (χ4v) is 4.32. The summed E-state index contributed by atoms with van der Waals surface area (Å²) in [6.45, 7) is 2.56. The van der Waals surface area contributed by atoms with Crippen LogP contribution in [0, 0.1) is 5.82 Å². The summed E-state index contributed by atoms with van der Waals surface area (Å²) in [5.41, 5.74) is 2.29. The number of halogens is 1. The number of aromatic carboxylic acids is 1. The summed E-state index contributed by atoms with van der Waals surface area (Å²) in [4.78, 5) is 30.3. The first-order valence-electron chi connectivity index (χ1n) is 11.1. The number of carbonyl (C=O) groups is 2. The Morgan fingerprint density at radius 3 is 2.44 bits per heavy atom. The molecule has 3 aromatic carbocycles. The summed E-state index contributed by atoms with van der Waals surface area (Å²) < 4.78 is 24.8. The first-order chi connectivity index (χ1) is 17.3. The van der Waals surface area contributed by atoms with E-state index in [4.69, 9.17) is 14.6 Å². The van der Waals surface area contributed by atoms with E-state index in [1.165, 1.54) is 40.9 Å². The Morgan fingerprint density at radius 2 is 1.78 bits per heavy atom. The molecule has 1 aliphatic heterocycles. The van der Waals surface area contributed by atoms with Crippen molar-refractivity contribution in [3.8, 4) is 11.5 Å². The van der Waals surface area contributed by atoms with Gasteiger partial charge in [0.15, 0.2) is 16.7 Å². The summed E-state index contributed by atoms with van der Waals surface area (Å²) in [5.74, 6) is -0.445. The Balaban J connectivity index is 1.52. The van der Waals surface area contributed by atoms with Gasteiger partial charge in [-0.2, -0.15) is 0 Å². The van der Waals surface area contributed by atoms with Gasteiger partial charge in [-0.25, -0.2) is 14.2 Å². The topological polar surface area (TPSA) is 88.4 Å². The van der Waals surface area contributed by atoms with E-state index >= 15 is 0 Å². The number of carboxylic acid groups (broad SMARTS) is 1. The lowest BCUT2D eigenvalue weighted by atomic mass is 10.1. The monoisotopic (exact) mass is 506 g/mol. The highest BCUT2D eigenvalue weighted by Crippen LogP contribution is 2.35. The van der Waals surface area contributed by atoms with E-state index < -0.39 is 5.97 Å². The maximum atomic E-state index is 13.1. The van der Waals surface area contributed by atoms with Gasteiger partial charge in [0.05, 0.1) is 22.8 Å². The van der Waals surface area contributed by atoms with Gasteiger partial charge < -0.3 is 14.6 Å². The smallest absolute Gasteiger partial charge is 0.335 e. The molecule has 0 radical (unpaired) electrons. The lowest BCUT2D eigenvalue weighted by molar-refractivity contribution is -0.121. The molecule has 1 aliphatic rings. The second-order valence-corrected chi connectivity index (χ2v) is 8.78. The minimum absolute atomic E-state index is 0.165. The molecule has 1 fully saturated rings. The fourth-order valence-electron chi connectivity index (χ4n) is 3.34. The molecule has 0 unspecified atom stereocenters. The number of thioether (sulfide) groups is 1. The zero-order valence-corrected chi connectivity index (χ0v) is 20.4. The van der Waals surface area contributed by atoms with Crippen molar-refractivity contribution < 1.29 is 28.6 Å². The van der Waals surface area contributed by atoms with Gasteiger partial charge in [0.1, 0.15) is 12.4 Å². The van der Waals surface area contributed by atoms with Gasteiger partial charge in [-0.05, 0) is 84.4 Å². The molecule has 1 heterocycles. The molecule has 1 amide bonds. The summed E-state index contributed by atoms with van der Waals surface area (Å²) in [6.07, 6.45) is 1.76. The lowest BCUT2D eigenvalue weighted by Gasteiger charge is -2.13. The Morgan fingerprint density at radius 1 is 1.06 bits per heavy atom. The van der Waals surface area contributed by atoms with Gasteiger partial charge in [-0.1, -0.05) is 18.2 Å². The molecule has 9 heteroatoms. The maximum Gasteiger partial charge on any atom is 0.335 e. The van der Waals surface area contributed by atoms with E-state index in [-0.39, 0.29) is 23.9 Å². The first-order valence-corrected chi connectivity index (χ1v) is 11.9. The number of carbonyl (C=O) groups excluding carboxylic acids is 1. The van der Waals surface area contributed by atoms with Gasteiger partial charge in [0.2, 0.25) is 0 Å². The minimum Gasteiger partial charge on any atom is -0.490 e. The van der Waals surface area contributed by atoms with Crippen molar-refractivity contribution in [1.29, 1.82) is 0 Å². The molecule has 1 N–H and O–H groups in total. The van der Waals surface area contributed by atoms with Crippen molar-refractivity contribution in [3.05, 3.63) is 94.1 Å². The minimum atomic E-state index is -1.01. The van der Waals surface area contributed by atoms with E-state index in [1.807, 2.05) is 13.0 Å². The average Bonchev–Trinajstić information content (AvgIpc) is 3.12. The summed E-state index contributed by atoms with van der Waals surface area (Å²) >= 11 is 1.23. The maximum absolute atomic E-state index is 13.1. The van der Waals surface area contributed by atoms with Gasteiger partial charge in [-0.3, -0.25) is 9.69 Å². The number of aliphatic imine (C=N–C) groups is 1.